The predicted molar refractivity (Wildman–Crippen MR) is 110 cm³/mol. The van der Waals surface area contributed by atoms with Crippen LogP contribution < -0.4 is 5.43 Å². The molecule has 6 heteroatoms. The zero-order chi connectivity index (χ0) is 20.2. The summed E-state index contributed by atoms with van der Waals surface area (Å²) in [5.41, 5.74) is 6.16. The molecule has 3 aromatic carbocycles. The monoisotopic (exact) mass is 382 g/mol. The SMILES string of the molecule is N#Cc1ccc(C=NNC(=O)c2[nH]c3ccc(F)cc3c2-c2ccccc2)cc1. The van der Waals surface area contributed by atoms with Crippen molar-refractivity contribution in [2.75, 3.05) is 0 Å². The third kappa shape index (κ3) is 3.75. The highest BCUT2D eigenvalue weighted by molar-refractivity contribution is 6.09. The number of nitriles is 1. The van der Waals surface area contributed by atoms with E-state index in [1.807, 2.05) is 36.4 Å². The minimum absolute atomic E-state index is 0.300. The van der Waals surface area contributed by atoms with Crippen molar-refractivity contribution in [3.63, 3.8) is 0 Å². The highest BCUT2D eigenvalue weighted by Crippen LogP contribution is 2.32. The molecule has 0 atom stereocenters. The Kier molecular flexibility index (Phi) is 4.87. The third-order valence-electron chi connectivity index (χ3n) is 4.47. The first kappa shape index (κ1) is 18.1. The van der Waals surface area contributed by atoms with Crippen LogP contribution in [0.15, 0.2) is 77.9 Å². The van der Waals surface area contributed by atoms with E-state index in [4.69, 9.17) is 5.26 Å². The highest BCUT2D eigenvalue weighted by Gasteiger charge is 2.19. The van der Waals surface area contributed by atoms with Gasteiger partial charge in [0, 0.05) is 16.5 Å². The van der Waals surface area contributed by atoms with Gasteiger partial charge in [-0.3, -0.25) is 4.79 Å². The van der Waals surface area contributed by atoms with Gasteiger partial charge in [-0.2, -0.15) is 10.4 Å². The lowest BCUT2D eigenvalue weighted by Gasteiger charge is -2.04. The van der Waals surface area contributed by atoms with E-state index in [1.165, 1.54) is 18.3 Å². The number of fused-ring (bicyclic) bond motifs is 1. The average molecular weight is 382 g/mol. The fourth-order valence-electron chi connectivity index (χ4n) is 3.10. The first-order valence-corrected chi connectivity index (χ1v) is 8.86. The smallest absolute Gasteiger partial charge is 0.288 e. The maximum Gasteiger partial charge on any atom is 0.288 e. The molecule has 0 saturated carbocycles. The zero-order valence-corrected chi connectivity index (χ0v) is 15.2. The van der Waals surface area contributed by atoms with Gasteiger partial charge in [-0.15, -0.1) is 0 Å². The molecule has 0 unspecified atom stereocenters. The molecule has 140 valence electrons. The van der Waals surface area contributed by atoms with Gasteiger partial charge >= 0.3 is 0 Å². The predicted octanol–water partition coefficient (Wildman–Crippen LogP) is 4.61. The summed E-state index contributed by atoms with van der Waals surface area (Å²) in [5.74, 6) is -0.815. The molecular formula is C23H15FN4O. The Morgan fingerprint density at radius 1 is 1.07 bits per heavy atom. The first-order chi connectivity index (χ1) is 14.2. The number of halogens is 1. The maximum atomic E-state index is 13.8. The molecule has 1 aromatic heterocycles. The molecule has 29 heavy (non-hydrogen) atoms. The molecule has 2 N–H and O–H groups in total. The van der Waals surface area contributed by atoms with Crippen molar-refractivity contribution in [1.29, 1.82) is 5.26 Å². The summed E-state index contributed by atoms with van der Waals surface area (Å²) in [7, 11) is 0. The molecule has 4 aromatic rings. The van der Waals surface area contributed by atoms with Crippen molar-refractivity contribution in [3.05, 3.63) is 95.4 Å². The summed E-state index contributed by atoms with van der Waals surface area (Å²) in [6.07, 6.45) is 1.49. The number of aromatic amines is 1. The van der Waals surface area contributed by atoms with Crippen LogP contribution in [0.25, 0.3) is 22.0 Å². The van der Waals surface area contributed by atoms with Crippen LogP contribution in [-0.4, -0.2) is 17.1 Å². The number of rotatable bonds is 4. The van der Waals surface area contributed by atoms with Crippen molar-refractivity contribution in [3.8, 4) is 17.2 Å². The second-order valence-electron chi connectivity index (χ2n) is 6.36. The number of carbonyl (C=O) groups excluding carboxylic acids is 1. The number of nitrogens with zero attached hydrogens (tertiary/aromatic N) is 2. The van der Waals surface area contributed by atoms with E-state index < -0.39 is 5.91 Å². The number of benzene rings is 3. The van der Waals surface area contributed by atoms with E-state index in [9.17, 15) is 9.18 Å². The Morgan fingerprint density at radius 3 is 2.55 bits per heavy atom. The van der Waals surface area contributed by atoms with E-state index in [0.29, 0.717) is 27.7 Å². The summed E-state index contributed by atoms with van der Waals surface area (Å²) in [6, 6.07) is 22.5. The second kappa shape index (κ2) is 7.79. The molecular weight excluding hydrogens is 367 g/mol. The molecule has 0 aliphatic rings. The van der Waals surface area contributed by atoms with Gasteiger partial charge in [-0.1, -0.05) is 42.5 Å². The maximum absolute atomic E-state index is 13.8. The van der Waals surface area contributed by atoms with Crippen LogP contribution in [0.5, 0.6) is 0 Å². The number of H-pyrrole nitrogens is 1. The fourth-order valence-corrected chi connectivity index (χ4v) is 3.10. The Bertz CT molecular complexity index is 1250. The van der Waals surface area contributed by atoms with Gasteiger partial charge in [-0.05, 0) is 41.5 Å². The topological polar surface area (TPSA) is 81.0 Å². The third-order valence-corrected chi connectivity index (χ3v) is 4.47. The van der Waals surface area contributed by atoms with Crippen LogP contribution in [0.2, 0.25) is 0 Å². The van der Waals surface area contributed by atoms with Gasteiger partial charge in [0.15, 0.2) is 0 Å². The van der Waals surface area contributed by atoms with Crippen LogP contribution in [0, 0.1) is 17.1 Å². The molecule has 0 fully saturated rings. The van der Waals surface area contributed by atoms with Gasteiger partial charge in [0.2, 0.25) is 0 Å². The van der Waals surface area contributed by atoms with Crippen molar-refractivity contribution < 1.29 is 9.18 Å². The first-order valence-electron chi connectivity index (χ1n) is 8.86. The van der Waals surface area contributed by atoms with Crippen LogP contribution in [0.1, 0.15) is 21.6 Å². The Hall–Kier alpha value is -4.24. The van der Waals surface area contributed by atoms with E-state index in [2.05, 4.69) is 15.5 Å². The number of carbonyl (C=O) groups is 1. The van der Waals surface area contributed by atoms with E-state index in [0.717, 1.165) is 11.1 Å². The van der Waals surface area contributed by atoms with Crippen molar-refractivity contribution in [1.82, 2.24) is 10.4 Å². The van der Waals surface area contributed by atoms with Gasteiger partial charge < -0.3 is 4.98 Å². The lowest BCUT2D eigenvalue weighted by Crippen LogP contribution is -2.18. The Balaban J connectivity index is 1.66. The Labute approximate surface area is 166 Å². The minimum Gasteiger partial charge on any atom is -0.350 e. The van der Waals surface area contributed by atoms with E-state index in [1.54, 1.807) is 30.3 Å². The summed E-state index contributed by atoms with van der Waals surface area (Å²) >= 11 is 0. The van der Waals surface area contributed by atoms with Crippen molar-refractivity contribution >= 4 is 23.0 Å². The van der Waals surface area contributed by atoms with Gasteiger partial charge in [0.05, 0.1) is 17.8 Å². The molecule has 1 heterocycles. The highest BCUT2D eigenvalue weighted by atomic mass is 19.1. The molecule has 0 bridgehead atoms. The van der Waals surface area contributed by atoms with Crippen molar-refractivity contribution in [2.24, 2.45) is 5.10 Å². The minimum atomic E-state index is -0.439. The van der Waals surface area contributed by atoms with Gasteiger partial charge in [0.25, 0.3) is 5.91 Å². The molecule has 0 aliphatic carbocycles. The standard InChI is InChI=1S/C23H15FN4O/c24-18-10-11-20-19(12-18)21(17-4-2-1-3-5-17)22(27-20)23(29)28-26-14-16-8-6-15(13-25)7-9-16/h1-12,14,27H,(H,28,29). The number of hydrazone groups is 1. The molecule has 0 spiro atoms. The molecule has 1 amide bonds. The number of nitrogens with one attached hydrogen (secondary N) is 2. The summed E-state index contributed by atoms with van der Waals surface area (Å²) in [5, 5.41) is 13.4. The number of hydrogen-bond donors (Lipinski definition) is 2. The van der Waals surface area contributed by atoms with E-state index in [-0.39, 0.29) is 5.82 Å². The molecule has 0 aliphatic heterocycles. The largest absolute Gasteiger partial charge is 0.350 e. The van der Waals surface area contributed by atoms with Gasteiger partial charge in [0.1, 0.15) is 11.5 Å². The summed E-state index contributed by atoms with van der Waals surface area (Å²) in [6.45, 7) is 0. The average Bonchev–Trinajstić information content (AvgIpc) is 3.13. The number of hydrogen-bond acceptors (Lipinski definition) is 3. The molecule has 5 nitrogen and oxygen atoms in total. The zero-order valence-electron chi connectivity index (χ0n) is 15.2. The van der Waals surface area contributed by atoms with Crippen LogP contribution >= 0.6 is 0 Å². The summed E-state index contributed by atoms with van der Waals surface area (Å²) < 4.78 is 13.8. The fraction of sp³-hybridized carbons (Fsp3) is 0. The van der Waals surface area contributed by atoms with Crippen molar-refractivity contribution in [2.45, 2.75) is 0 Å². The van der Waals surface area contributed by atoms with Crippen LogP contribution in [-0.2, 0) is 0 Å². The molecule has 0 radical (unpaired) electrons. The second-order valence-corrected chi connectivity index (χ2v) is 6.36. The van der Waals surface area contributed by atoms with Crippen LogP contribution in [0.4, 0.5) is 4.39 Å². The lowest BCUT2D eigenvalue weighted by molar-refractivity contribution is 0.0951. The van der Waals surface area contributed by atoms with Crippen LogP contribution in [0.3, 0.4) is 0 Å². The summed E-state index contributed by atoms with van der Waals surface area (Å²) in [4.78, 5) is 15.9. The number of aromatic nitrogens is 1. The lowest BCUT2D eigenvalue weighted by atomic mass is 10.0. The normalized spacial score (nSPS) is 10.9. The molecule has 0 saturated heterocycles. The van der Waals surface area contributed by atoms with Gasteiger partial charge in [-0.25, -0.2) is 9.82 Å². The van der Waals surface area contributed by atoms with E-state index >= 15 is 0 Å². The quantitative estimate of drug-likeness (QED) is 0.399. The number of amides is 1. The molecule has 4 rings (SSSR count). The Morgan fingerprint density at radius 2 is 1.83 bits per heavy atom.